The number of hydrogen-bond acceptors (Lipinski definition) is 2. The molecular weight excluding hydrogens is 174 g/mol. The molecule has 0 aromatic heterocycles. The molecule has 0 aromatic rings. The van der Waals surface area contributed by atoms with Crippen molar-refractivity contribution in [3.63, 3.8) is 0 Å². The van der Waals surface area contributed by atoms with Gasteiger partial charge in [-0.3, -0.25) is 0 Å². The zero-order valence-corrected chi connectivity index (χ0v) is 9.30. The summed E-state index contributed by atoms with van der Waals surface area (Å²) in [7, 11) is 0. The van der Waals surface area contributed by atoms with E-state index in [2.05, 4.69) is 18.8 Å². The van der Waals surface area contributed by atoms with E-state index in [-0.39, 0.29) is 0 Å². The molecule has 0 amide bonds. The van der Waals surface area contributed by atoms with E-state index in [4.69, 9.17) is 4.74 Å². The zero-order valence-electron chi connectivity index (χ0n) is 9.30. The molecule has 2 nitrogen and oxygen atoms in total. The van der Waals surface area contributed by atoms with Gasteiger partial charge >= 0.3 is 0 Å². The van der Waals surface area contributed by atoms with Gasteiger partial charge in [0.2, 0.25) is 0 Å². The molecule has 0 aliphatic carbocycles. The lowest BCUT2D eigenvalue weighted by Gasteiger charge is -2.22. The van der Waals surface area contributed by atoms with Crippen LogP contribution in [0.1, 0.15) is 32.6 Å². The minimum atomic E-state index is 0.655. The zero-order chi connectivity index (χ0) is 10.2. The number of rotatable bonds is 7. The summed E-state index contributed by atoms with van der Waals surface area (Å²) < 4.78 is 5.43. The van der Waals surface area contributed by atoms with E-state index in [9.17, 15) is 0 Å². The predicted octanol–water partition coefficient (Wildman–Crippen LogP) is 2.36. The Bertz CT molecular complexity index is 152. The highest BCUT2D eigenvalue weighted by molar-refractivity contribution is 4.80. The van der Waals surface area contributed by atoms with Crippen LogP contribution in [0.5, 0.6) is 0 Å². The minimum Gasteiger partial charge on any atom is -0.381 e. The molecule has 1 N–H and O–H groups in total. The Morgan fingerprint density at radius 2 is 2.50 bits per heavy atom. The van der Waals surface area contributed by atoms with Gasteiger partial charge in [-0.2, -0.15) is 0 Å². The number of nitrogens with one attached hydrogen (secondary N) is 1. The highest BCUT2D eigenvalue weighted by atomic mass is 16.5. The van der Waals surface area contributed by atoms with E-state index < -0.39 is 0 Å². The molecule has 0 spiro atoms. The highest BCUT2D eigenvalue weighted by Crippen LogP contribution is 2.20. The van der Waals surface area contributed by atoms with E-state index in [0.29, 0.717) is 6.04 Å². The second kappa shape index (κ2) is 7.02. The maximum atomic E-state index is 5.43. The third-order valence-electron chi connectivity index (χ3n) is 2.92. The summed E-state index contributed by atoms with van der Waals surface area (Å²) in [5.41, 5.74) is 0. The molecule has 0 radical (unpaired) electrons. The van der Waals surface area contributed by atoms with Crippen molar-refractivity contribution in [2.24, 2.45) is 5.92 Å². The van der Waals surface area contributed by atoms with E-state index in [1.807, 2.05) is 6.08 Å². The maximum Gasteiger partial charge on any atom is 0.0510 e. The number of hydrogen-bond donors (Lipinski definition) is 1. The van der Waals surface area contributed by atoms with Gasteiger partial charge in [-0.05, 0) is 38.1 Å². The van der Waals surface area contributed by atoms with Crippen LogP contribution in [0.2, 0.25) is 0 Å². The van der Waals surface area contributed by atoms with Gasteiger partial charge in [0, 0.05) is 12.6 Å². The third-order valence-corrected chi connectivity index (χ3v) is 2.92. The first-order chi connectivity index (χ1) is 6.88. The van der Waals surface area contributed by atoms with Gasteiger partial charge in [0.05, 0.1) is 6.61 Å². The Hall–Kier alpha value is -0.340. The fourth-order valence-corrected chi connectivity index (χ4v) is 2.12. The second-order valence-corrected chi connectivity index (χ2v) is 4.01. The van der Waals surface area contributed by atoms with Crippen molar-refractivity contribution in [2.45, 2.75) is 38.6 Å². The van der Waals surface area contributed by atoms with Crippen LogP contribution in [0.3, 0.4) is 0 Å². The summed E-state index contributed by atoms with van der Waals surface area (Å²) in [6.07, 6.45) is 6.88. The quantitative estimate of drug-likeness (QED) is 0.500. The molecule has 1 saturated heterocycles. The summed E-state index contributed by atoms with van der Waals surface area (Å²) in [5, 5.41) is 3.57. The van der Waals surface area contributed by atoms with Gasteiger partial charge in [0.1, 0.15) is 0 Å². The van der Waals surface area contributed by atoms with Crippen molar-refractivity contribution in [3.8, 4) is 0 Å². The first-order valence-electron chi connectivity index (χ1n) is 5.80. The van der Waals surface area contributed by atoms with E-state index >= 15 is 0 Å². The predicted molar refractivity (Wildman–Crippen MR) is 60.4 cm³/mol. The summed E-state index contributed by atoms with van der Waals surface area (Å²) >= 11 is 0. The van der Waals surface area contributed by atoms with Crippen molar-refractivity contribution in [2.75, 3.05) is 19.8 Å². The molecule has 0 saturated carbocycles. The lowest BCUT2D eigenvalue weighted by molar-refractivity contribution is 0.175. The molecule has 0 aromatic carbocycles. The van der Waals surface area contributed by atoms with Crippen molar-refractivity contribution in [1.29, 1.82) is 0 Å². The monoisotopic (exact) mass is 197 g/mol. The van der Waals surface area contributed by atoms with Crippen LogP contribution in [0, 0.1) is 5.92 Å². The third kappa shape index (κ3) is 3.81. The first kappa shape index (κ1) is 11.7. The van der Waals surface area contributed by atoms with Crippen LogP contribution in [0.15, 0.2) is 12.7 Å². The molecule has 1 heterocycles. The summed E-state index contributed by atoms with van der Waals surface area (Å²) in [6.45, 7) is 8.90. The van der Waals surface area contributed by atoms with Crippen molar-refractivity contribution < 1.29 is 4.74 Å². The van der Waals surface area contributed by atoms with Crippen LogP contribution in [-0.2, 0) is 4.74 Å². The first-order valence-corrected chi connectivity index (χ1v) is 5.80. The lowest BCUT2D eigenvalue weighted by Crippen LogP contribution is -2.36. The minimum absolute atomic E-state index is 0.655. The van der Waals surface area contributed by atoms with Crippen LogP contribution in [0.4, 0.5) is 0 Å². The molecule has 1 aliphatic rings. The van der Waals surface area contributed by atoms with Crippen molar-refractivity contribution in [3.05, 3.63) is 12.7 Å². The van der Waals surface area contributed by atoms with Gasteiger partial charge in [0.25, 0.3) is 0 Å². The van der Waals surface area contributed by atoms with Crippen LogP contribution < -0.4 is 5.32 Å². The second-order valence-electron chi connectivity index (χ2n) is 4.01. The van der Waals surface area contributed by atoms with Crippen LogP contribution >= 0.6 is 0 Å². The number of unbranched alkanes of at least 4 members (excludes halogenated alkanes) is 1. The fraction of sp³-hybridized carbons (Fsp3) is 0.833. The van der Waals surface area contributed by atoms with Gasteiger partial charge in [-0.1, -0.05) is 13.0 Å². The maximum absolute atomic E-state index is 5.43. The molecule has 1 rings (SSSR count). The van der Waals surface area contributed by atoms with Gasteiger partial charge in [0.15, 0.2) is 0 Å². The van der Waals surface area contributed by atoms with Crippen LogP contribution in [0.25, 0.3) is 0 Å². The molecule has 14 heavy (non-hydrogen) atoms. The van der Waals surface area contributed by atoms with Gasteiger partial charge in [-0.25, -0.2) is 0 Å². The topological polar surface area (TPSA) is 21.3 Å². The number of ether oxygens (including phenoxy) is 1. The lowest BCUT2D eigenvalue weighted by atomic mass is 9.94. The summed E-state index contributed by atoms with van der Waals surface area (Å²) in [6, 6.07) is 0.655. The SMILES string of the molecule is C=CCCCC(NCC)C1CCOC1. The molecular formula is C12H23NO. The average molecular weight is 197 g/mol. The fourth-order valence-electron chi connectivity index (χ4n) is 2.12. The highest BCUT2D eigenvalue weighted by Gasteiger charge is 2.24. The Morgan fingerprint density at radius 1 is 1.64 bits per heavy atom. The Labute approximate surface area is 87.7 Å². The number of allylic oxidation sites excluding steroid dienone is 1. The van der Waals surface area contributed by atoms with Crippen molar-refractivity contribution in [1.82, 2.24) is 5.32 Å². The molecule has 2 unspecified atom stereocenters. The van der Waals surface area contributed by atoms with E-state index in [0.717, 1.165) is 32.1 Å². The Morgan fingerprint density at radius 3 is 3.07 bits per heavy atom. The van der Waals surface area contributed by atoms with Crippen LogP contribution in [-0.4, -0.2) is 25.8 Å². The van der Waals surface area contributed by atoms with Gasteiger partial charge in [-0.15, -0.1) is 6.58 Å². The molecule has 1 fully saturated rings. The largest absolute Gasteiger partial charge is 0.381 e. The Kier molecular flexibility index (Phi) is 5.88. The smallest absolute Gasteiger partial charge is 0.0510 e. The van der Waals surface area contributed by atoms with Gasteiger partial charge < -0.3 is 10.1 Å². The Balaban J connectivity index is 2.25. The average Bonchev–Trinajstić information content (AvgIpc) is 2.70. The molecule has 2 atom stereocenters. The normalized spacial score (nSPS) is 23.6. The molecule has 2 heteroatoms. The summed E-state index contributed by atoms with van der Waals surface area (Å²) in [4.78, 5) is 0. The summed E-state index contributed by atoms with van der Waals surface area (Å²) in [5.74, 6) is 0.736. The van der Waals surface area contributed by atoms with Crippen molar-refractivity contribution >= 4 is 0 Å². The van der Waals surface area contributed by atoms with E-state index in [1.54, 1.807) is 0 Å². The molecule has 0 bridgehead atoms. The molecule has 1 aliphatic heterocycles. The standard InChI is InChI=1S/C12H23NO/c1-3-5-6-7-12(13-4-2)11-8-9-14-10-11/h3,11-13H,1,4-10H2,2H3. The molecule has 82 valence electrons. The van der Waals surface area contributed by atoms with E-state index in [1.165, 1.54) is 19.3 Å².